The van der Waals surface area contributed by atoms with E-state index in [4.69, 9.17) is 9.47 Å². The number of rotatable bonds is 5. The predicted molar refractivity (Wildman–Crippen MR) is 126 cm³/mol. The maximum atomic E-state index is 13.2. The van der Waals surface area contributed by atoms with E-state index in [0.717, 1.165) is 11.1 Å². The van der Waals surface area contributed by atoms with Crippen LogP contribution in [0.15, 0.2) is 47.5 Å². The summed E-state index contributed by atoms with van der Waals surface area (Å²) in [5.74, 6) is 0.650. The first-order valence-electron chi connectivity index (χ1n) is 10.9. The van der Waals surface area contributed by atoms with E-state index in [9.17, 15) is 14.0 Å². The number of hydrogen-bond donors (Lipinski definition) is 1. The molecule has 0 spiro atoms. The van der Waals surface area contributed by atoms with Crippen LogP contribution in [0, 0.1) is 5.82 Å². The van der Waals surface area contributed by atoms with Gasteiger partial charge in [0.2, 0.25) is 5.91 Å². The first-order chi connectivity index (χ1) is 16.5. The number of aromatic amines is 1. The predicted octanol–water partition coefficient (Wildman–Crippen LogP) is 2.38. The molecule has 3 heterocycles. The van der Waals surface area contributed by atoms with Gasteiger partial charge in [0.25, 0.3) is 5.56 Å². The van der Waals surface area contributed by atoms with Gasteiger partial charge in [-0.25, -0.2) is 9.37 Å². The van der Waals surface area contributed by atoms with Gasteiger partial charge in [0, 0.05) is 43.3 Å². The molecule has 1 amide bonds. The summed E-state index contributed by atoms with van der Waals surface area (Å²) in [7, 11) is 3.09. The van der Waals surface area contributed by atoms with Gasteiger partial charge in [-0.2, -0.15) is 0 Å². The van der Waals surface area contributed by atoms with Crippen molar-refractivity contribution in [1.82, 2.24) is 19.4 Å². The zero-order chi connectivity index (χ0) is 23.8. The minimum absolute atomic E-state index is 0.0969. The zero-order valence-corrected chi connectivity index (χ0v) is 18.9. The van der Waals surface area contributed by atoms with E-state index in [1.165, 1.54) is 23.0 Å². The number of carbonyl (C=O) groups excluding carboxylic acids is 1. The molecular weight excluding hydrogens is 441 g/mol. The van der Waals surface area contributed by atoms with Crippen molar-refractivity contribution in [2.45, 2.75) is 6.54 Å². The molecule has 1 fully saturated rings. The van der Waals surface area contributed by atoms with Crippen LogP contribution in [0.4, 0.5) is 10.1 Å². The molecule has 2 aromatic heterocycles. The Hall–Kier alpha value is -4.08. The Bertz CT molecular complexity index is 1420. The third-order valence-electron chi connectivity index (χ3n) is 6.21. The van der Waals surface area contributed by atoms with Crippen LogP contribution in [0.25, 0.3) is 21.9 Å². The van der Waals surface area contributed by atoms with Gasteiger partial charge in [-0.1, -0.05) is 0 Å². The number of piperazine rings is 1. The Morgan fingerprint density at radius 1 is 1.06 bits per heavy atom. The van der Waals surface area contributed by atoms with Crippen LogP contribution in [-0.4, -0.2) is 65.7 Å². The largest absolute Gasteiger partial charge is 0.493 e. The van der Waals surface area contributed by atoms with Gasteiger partial charge in [0.05, 0.1) is 26.1 Å². The number of methoxy groups -OCH3 is 2. The van der Waals surface area contributed by atoms with Crippen LogP contribution in [0.5, 0.6) is 11.5 Å². The molecule has 10 heteroatoms. The zero-order valence-electron chi connectivity index (χ0n) is 18.9. The van der Waals surface area contributed by atoms with E-state index in [2.05, 4.69) is 14.9 Å². The topological polar surface area (TPSA) is 92.7 Å². The number of H-pyrrole nitrogens is 1. The number of anilines is 1. The maximum Gasteiger partial charge on any atom is 0.278 e. The highest BCUT2D eigenvalue weighted by atomic mass is 19.1. The summed E-state index contributed by atoms with van der Waals surface area (Å²) in [6, 6.07) is 9.86. The van der Waals surface area contributed by atoms with Crippen molar-refractivity contribution in [1.29, 1.82) is 0 Å². The number of nitrogens with one attached hydrogen (secondary N) is 1. The van der Waals surface area contributed by atoms with Crippen LogP contribution in [0.3, 0.4) is 0 Å². The Labute approximate surface area is 194 Å². The normalized spacial score (nSPS) is 14.1. The van der Waals surface area contributed by atoms with Gasteiger partial charge in [0.15, 0.2) is 11.5 Å². The minimum Gasteiger partial charge on any atom is -0.493 e. The molecule has 176 valence electrons. The lowest BCUT2D eigenvalue weighted by molar-refractivity contribution is -0.132. The van der Waals surface area contributed by atoms with E-state index in [1.54, 1.807) is 43.4 Å². The van der Waals surface area contributed by atoms with Crippen molar-refractivity contribution in [2.24, 2.45) is 0 Å². The van der Waals surface area contributed by atoms with Crippen molar-refractivity contribution < 1.29 is 18.7 Å². The van der Waals surface area contributed by atoms with Crippen LogP contribution in [0.1, 0.15) is 0 Å². The maximum absolute atomic E-state index is 13.2. The Balaban J connectivity index is 1.34. The summed E-state index contributed by atoms with van der Waals surface area (Å²) in [4.78, 5) is 37.4. The smallest absolute Gasteiger partial charge is 0.278 e. The van der Waals surface area contributed by atoms with Gasteiger partial charge >= 0.3 is 0 Å². The second kappa shape index (κ2) is 8.69. The highest BCUT2D eigenvalue weighted by molar-refractivity contribution is 6.05. The first-order valence-corrected chi connectivity index (χ1v) is 10.9. The van der Waals surface area contributed by atoms with E-state index in [1.807, 2.05) is 0 Å². The van der Waals surface area contributed by atoms with Crippen molar-refractivity contribution in [3.8, 4) is 11.5 Å². The molecule has 1 saturated heterocycles. The van der Waals surface area contributed by atoms with Gasteiger partial charge in [-0.05, 0) is 30.3 Å². The fourth-order valence-electron chi connectivity index (χ4n) is 4.34. The molecule has 2 aromatic carbocycles. The fourth-order valence-corrected chi connectivity index (χ4v) is 4.34. The summed E-state index contributed by atoms with van der Waals surface area (Å²) in [6.07, 6.45) is 1.40. The highest BCUT2D eigenvalue weighted by Gasteiger charge is 2.23. The van der Waals surface area contributed by atoms with Crippen molar-refractivity contribution >= 4 is 33.5 Å². The summed E-state index contributed by atoms with van der Waals surface area (Å²) >= 11 is 0. The summed E-state index contributed by atoms with van der Waals surface area (Å²) in [5.41, 5.74) is 2.13. The standard InChI is InChI=1S/C24H24FN5O4/c1-33-19-11-17-18(12-20(19)34-2)27-23-22(17)26-14-30(24(23)32)13-21(31)29-9-7-28(8-10-29)16-5-3-15(25)4-6-16/h3-6,11-12,14,27H,7-10,13H2,1-2H3. The molecule has 5 rings (SSSR count). The fraction of sp³-hybridized carbons (Fsp3) is 0.292. The van der Waals surface area contributed by atoms with Gasteiger partial charge in [0.1, 0.15) is 23.4 Å². The number of carbonyl (C=O) groups is 1. The summed E-state index contributed by atoms with van der Waals surface area (Å²) < 4.78 is 25.2. The van der Waals surface area contributed by atoms with Crippen LogP contribution < -0.4 is 19.9 Å². The van der Waals surface area contributed by atoms with Gasteiger partial charge in [-0.3, -0.25) is 14.2 Å². The Morgan fingerprint density at radius 3 is 2.41 bits per heavy atom. The third kappa shape index (κ3) is 3.81. The number of fused-ring (bicyclic) bond motifs is 3. The lowest BCUT2D eigenvalue weighted by atomic mass is 10.2. The molecular formula is C24H24FN5O4. The second-order valence-corrected chi connectivity index (χ2v) is 8.12. The van der Waals surface area contributed by atoms with Crippen molar-refractivity contribution in [3.05, 3.63) is 58.9 Å². The number of ether oxygens (including phenoxy) is 2. The highest BCUT2D eigenvalue weighted by Crippen LogP contribution is 2.34. The monoisotopic (exact) mass is 465 g/mol. The summed E-state index contributed by atoms with van der Waals surface area (Å²) in [6.45, 7) is 2.21. The number of aromatic nitrogens is 3. The van der Waals surface area contributed by atoms with Crippen molar-refractivity contribution in [3.63, 3.8) is 0 Å². The molecule has 0 bridgehead atoms. The third-order valence-corrected chi connectivity index (χ3v) is 6.21. The quantitative estimate of drug-likeness (QED) is 0.487. The van der Waals surface area contributed by atoms with Gasteiger partial charge in [-0.15, -0.1) is 0 Å². The number of halogens is 1. The van der Waals surface area contributed by atoms with E-state index < -0.39 is 0 Å². The average molecular weight is 465 g/mol. The molecule has 9 nitrogen and oxygen atoms in total. The molecule has 0 atom stereocenters. The molecule has 0 radical (unpaired) electrons. The number of nitrogens with zero attached hydrogens (tertiary/aromatic N) is 4. The van der Waals surface area contributed by atoms with Crippen LogP contribution in [-0.2, 0) is 11.3 Å². The molecule has 34 heavy (non-hydrogen) atoms. The first kappa shape index (κ1) is 21.7. The number of hydrogen-bond acceptors (Lipinski definition) is 6. The molecule has 1 N–H and O–H groups in total. The lowest BCUT2D eigenvalue weighted by Gasteiger charge is -2.36. The molecule has 0 aliphatic carbocycles. The van der Waals surface area contributed by atoms with Gasteiger partial charge < -0.3 is 24.3 Å². The lowest BCUT2D eigenvalue weighted by Crippen LogP contribution is -2.50. The summed E-state index contributed by atoms with van der Waals surface area (Å²) in [5, 5.41) is 0.736. The van der Waals surface area contributed by atoms with Crippen molar-refractivity contribution in [2.75, 3.05) is 45.3 Å². The molecule has 1 aliphatic rings. The molecule has 4 aromatic rings. The molecule has 1 aliphatic heterocycles. The minimum atomic E-state index is -0.322. The van der Waals surface area contributed by atoms with Crippen LogP contribution in [0.2, 0.25) is 0 Å². The second-order valence-electron chi connectivity index (χ2n) is 8.12. The SMILES string of the molecule is COc1cc2[nH]c3c(=O)n(CC(=O)N4CCN(c5ccc(F)cc5)CC4)cnc3c2cc1OC. The van der Waals surface area contributed by atoms with Crippen LogP contribution >= 0.6 is 0 Å². The van der Waals surface area contributed by atoms with E-state index in [0.29, 0.717) is 54.2 Å². The van der Waals surface area contributed by atoms with E-state index in [-0.39, 0.29) is 23.8 Å². The molecule has 0 saturated carbocycles. The number of benzene rings is 2. The Morgan fingerprint density at radius 2 is 1.74 bits per heavy atom. The Kier molecular flexibility index (Phi) is 5.56. The average Bonchev–Trinajstić information content (AvgIpc) is 3.23. The molecule has 0 unspecified atom stereocenters. The number of amides is 1. The van der Waals surface area contributed by atoms with E-state index >= 15 is 0 Å².